The average Bonchev–Trinajstić information content (AvgIpc) is 3.11. The highest BCUT2D eigenvalue weighted by Gasteiger charge is 2.43. The lowest BCUT2D eigenvalue weighted by atomic mass is 10.1. The number of hydrogen-bond donors (Lipinski definition) is 0. The maximum atomic E-state index is 13.9. The Hall–Kier alpha value is -3.84. The molecule has 0 radical (unpaired) electrons. The zero-order chi connectivity index (χ0) is 24.9. The van der Waals surface area contributed by atoms with Crippen LogP contribution in [0, 0.1) is 6.92 Å². The van der Waals surface area contributed by atoms with Crippen LogP contribution >= 0.6 is 11.8 Å². The standard InChI is InChI=1S/C28H26N2O4S/c1-4-29(20-11-7-6-8-12-20)24-25(35-21-17-15-19(3)16-18-21)27(32)30(26(24)31)23-14-10-9-13-22(23)28(33)34-5-2/h6-18H,4-5H2,1-3H3. The lowest BCUT2D eigenvalue weighted by molar-refractivity contribution is -0.120. The van der Waals surface area contributed by atoms with Crippen molar-refractivity contribution >= 4 is 40.9 Å². The van der Waals surface area contributed by atoms with E-state index in [1.54, 1.807) is 31.2 Å². The van der Waals surface area contributed by atoms with E-state index in [-0.39, 0.29) is 23.6 Å². The van der Waals surface area contributed by atoms with Gasteiger partial charge in [-0.05, 0) is 57.2 Å². The highest BCUT2D eigenvalue weighted by Crippen LogP contribution is 2.40. The van der Waals surface area contributed by atoms with Crippen molar-refractivity contribution in [1.29, 1.82) is 0 Å². The van der Waals surface area contributed by atoms with E-state index in [0.717, 1.165) is 21.0 Å². The van der Waals surface area contributed by atoms with Crippen LogP contribution in [0.1, 0.15) is 29.8 Å². The number of rotatable bonds is 8. The highest BCUT2D eigenvalue weighted by atomic mass is 32.2. The molecule has 7 heteroatoms. The van der Waals surface area contributed by atoms with Gasteiger partial charge in [-0.1, -0.05) is 59.8 Å². The van der Waals surface area contributed by atoms with Gasteiger partial charge in [0.15, 0.2) is 0 Å². The fourth-order valence-corrected chi connectivity index (χ4v) is 4.88. The van der Waals surface area contributed by atoms with E-state index in [1.807, 2.05) is 73.3 Å². The molecule has 0 atom stereocenters. The first kappa shape index (κ1) is 24.3. The number of imide groups is 1. The number of ether oxygens (including phenoxy) is 1. The Morgan fingerprint density at radius 1 is 0.886 bits per heavy atom. The van der Waals surface area contributed by atoms with E-state index < -0.39 is 17.8 Å². The molecule has 0 unspecified atom stereocenters. The molecule has 3 aromatic rings. The van der Waals surface area contributed by atoms with Gasteiger partial charge in [-0.15, -0.1) is 0 Å². The third kappa shape index (κ3) is 4.86. The van der Waals surface area contributed by atoms with E-state index in [0.29, 0.717) is 11.4 Å². The lowest BCUT2D eigenvalue weighted by Gasteiger charge is -2.25. The Balaban J connectivity index is 1.84. The second-order valence-corrected chi connectivity index (χ2v) is 8.94. The summed E-state index contributed by atoms with van der Waals surface area (Å²) >= 11 is 1.25. The van der Waals surface area contributed by atoms with E-state index >= 15 is 0 Å². The van der Waals surface area contributed by atoms with Gasteiger partial charge in [-0.25, -0.2) is 9.69 Å². The molecule has 1 heterocycles. The summed E-state index contributed by atoms with van der Waals surface area (Å²) in [6, 6.07) is 23.8. The summed E-state index contributed by atoms with van der Waals surface area (Å²) in [6.45, 7) is 6.29. The summed E-state index contributed by atoms with van der Waals surface area (Å²) in [5.41, 5.74) is 2.56. The predicted octanol–water partition coefficient (Wildman–Crippen LogP) is 5.58. The van der Waals surface area contributed by atoms with E-state index in [4.69, 9.17) is 4.74 Å². The van der Waals surface area contributed by atoms with Gasteiger partial charge in [0.2, 0.25) is 0 Å². The molecule has 1 aliphatic heterocycles. The summed E-state index contributed by atoms with van der Waals surface area (Å²) in [5.74, 6) is -1.53. The first-order valence-corrected chi connectivity index (χ1v) is 12.2. The predicted molar refractivity (Wildman–Crippen MR) is 138 cm³/mol. The van der Waals surface area contributed by atoms with Gasteiger partial charge in [0.05, 0.1) is 17.9 Å². The van der Waals surface area contributed by atoms with Crippen LogP contribution in [0.15, 0.2) is 94.4 Å². The number of aryl methyl sites for hydroxylation is 1. The van der Waals surface area contributed by atoms with Crippen LogP contribution in [-0.2, 0) is 14.3 Å². The molecule has 4 rings (SSSR count). The Kier molecular flexibility index (Phi) is 7.36. The third-order valence-corrected chi connectivity index (χ3v) is 6.63. The monoisotopic (exact) mass is 486 g/mol. The molecule has 178 valence electrons. The lowest BCUT2D eigenvalue weighted by Crippen LogP contribution is -2.36. The summed E-state index contributed by atoms with van der Waals surface area (Å²) in [6.07, 6.45) is 0. The Bertz CT molecular complexity index is 1290. The molecular weight excluding hydrogens is 460 g/mol. The number of para-hydroxylation sites is 2. The number of carbonyl (C=O) groups excluding carboxylic acids is 3. The number of esters is 1. The molecule has 0 saturated carbocycles. The van der Waals surface area contributed by atoms with Gasteiger partial charge < -0.3 is 9.64 Å². The summed E-state index contributed by atoms with van der Waals surface area (Å²) < 4.78 is 5.18. The minimum atomic E-state index is -0.583. The van der Waals surface area contributed by atoms with Gasteiger partial charge in [-0.2, -0.15) is 0 Å². The second kappa shape index (κ2) is 10.6. The van der Waals surface area contributed by atoms with Crippen LogP contribution in [-0.4, -0.2) is 30.9 Å². The van der Waals surface area contributed by atoms with Gasteiger partial charge in [0.1, 0.15) is 10.6 Å². The molecule has 3 aromatic carbocycles. The number of anilines is 2. The summed E-state index contributed by atoms with van der Waals surface area (Å²) in [5, 5.41) is 0. The molecule has 1 aliphatic rings. The minimum absolute atomic E-state index is 0.166. The molecule has 0 spiro atoms. The van der Waals surface area contributed by atoms with Gasteiger partial charge in [0.25, 0.3) is 11.8 Å². The number of likely N-dealkylation sites (N-methyl/N-ethyl adjacent to an activating group) is 1. The first-order valence-electron chi connectivity index (χ1n) is 11.4. The zero-order valence-corrected chi connectivity index (χ0v) is 20.7. The third-order valence-electron chi connectivity index (χ3n) is 5.55. The maximum absolute atomic E-state index is 13.9. The maximum Gasteiger partial charge on any atom is 0.340 e. The molecule has 0 aromatic heterocycles. The summed E-state index contributed by atoms with van der Waals surface area (Å²) in [4.78, 5) is 44.5. The van der Waals surface area contributed by atoms with Crippen molar-refractivity contribution in [2.45, 2.75) is 25.7 Å². The fraction of sp³-hybridized carbons (Fsp3) is 0.179. The number of amides is 2. The molecule has 0 N–H and O–H groups in total. The number of hydrogen-bond acceptors (Lipinski definition) is 6. The molecule has 0 fully saturated rings. The van der Waals surface area contributed by atoms with Gasteiger partial charge in [0, 0.05) is 17.1 Å². The SMILES string of the molecule is CCOC(=O)c1ccccc1N1C(=O)C(Sc2ccc(C)cc2)=C(N(CC)c2ccccc2)C1=O. The second-order valence-electron chi connectivity index (χ2n) is 7.86. The number of benzene rings is 3. The number of thioether (sulfide) groups is 1. The number of carbonyl (C=O) groups is 3. The Labute approximate surface area is 209 Å². The van der Waals surface area contributed by atoms with Crippen molar-refractivity contribution in [2.24, 2.45) is 0 Å². The fourth-order valence-electron chi connectivity index (χ4n) is 3.90. The van der Waals surface area contributed by atoms with Gasteiger partial charge >= 0.3 is 5.97 Å². The Morgan fingerprint density at radius 3 is 2.20 bits per heavy atom. The summed E-state index contributed by atoms with van der Waals surface area (Å²) in [7, 11) is 0. The molecule has 0 saturated heterocycles. The normalized spacial score (nSPS) is 13.4. The highest BCUT2D eigenvalue weighted by molar-refractivity contribution is 8.04. The molecule has 0 aliphatic carbocycles. The van der Waals surface area contributed by atoms with Crippen LogP contribution in [0.25, 0.3) is 0 Å². The van der Waals surface area contributed by atoms with Crippen molar-refractivity contribution in [2.75, 3.05) is 23.0 Å². The van der Waals surface area contributed by atoms with Crippen LogP contribution in [0.4, 0.5) is 11.4 Å². The van der Waals surface area contributed by atoms with Crippen LogP contribution < -0.4 is 9.80 Å². The zero-order valence-electron chi connectivity index (χ0n) is 19.9. The average molecular weight is 487 g/mol. The topological polar surface area (TPSA) is 66.9 Å². The number of nitrogens with zero attached hydrogens (tertiary/aromatic N) is 2. The van der Waals surface area contributed by atoms with Crippen LogP contribution in [0.2, 0.25) is 0 Å². The van der Waals surface area contributed by atoms with Crippen molar-refractivity contribution in [3.8, 4) is 0 Å². The van der Waals surface area contributed by atoms with Crippen molar-refractivity contribution in [3.63, 3.8) is 0 Å². The molecule has 0 bridgehead atoms. The first-order chi connectivity index (χ1) is 17.0. The minimum Gasteiger partial charge on any atom is -0.462 e. The van der Waals surface area contributed by atoms with Gasteiger partial charge in [-0.3, -0.25) is 9.59 Å². The van der Waals surface area contributed by atoms with E-state index in [2.05, 4.69) is 0 Å². The van der Waals surface area contributed by atoms with E-state index in [1.165, 1.54) is 11.8 Å². The Morgan fingerprint density at radius 2 is 1.54 bits per heavy atom. The van der Waals surface area contributed by atoms with Crippen molar-refractivity contribution in [3.05, 3.63) is 101 Å². The van der Waals surface area contributed by atoms with Crippen LogP contribution in [0.5, 0.6) is 0 Å². The molecule has 6 nitrogen and oxygen atoms in total. The quantitative estimate of drug-likeness (QED) is 0.306. The largest absolute Gasteiger partial charge is 0.462 e. The molecule has 35 heavy (non-hydrogen) atoms. The van der Waals surface area contributed by atoms with Crippen LogP contribution in [0.3, 0.4) is 0 Å². The van der Waals surface area contributed by atoms with Crippen molar-refractivity contribution in [1.82, 2.24) is 0 Å². The van der Waals surface area contributed by atoms with Crippen molar-refractivity contribution < 1.29 is 19.1 Å². The smallest absolute Gasteiger partial charge is 0.340 e. The molecule has 2 amide bonds. The van der Waals surface area contributed by atoms with E-state index in [9.17, 15) is 14.4 Å². The molecular formula is C28H26N2O4S.